The Kier molecular flexibility index (Phi) is 26.0. The van der Waals surface area contributed by atoms with E-state index in [1.54, 1.807) is 6.08 Å². The van der Waals surface area contributed by atoms with E-state index in [4.69, 9.17) is 6.58 Å². The molecule has 0 saturated heterocycles. The SMILES string of the molecule is [CH]=C/C=C/CCCCCCCCCCCCCCCCCCCCCCCC. The predicted molar refractivity (Wildman–Crippen MR) is 130 cm³/mol. The van der Waals surface area contributed by atoms with E-state index in [1.165, 1.54) is 148 Å². The first-order valence-electron chi connectivity index (χ1n) is 13.1. The molecule has 0 unspecified atom stereocenters. The van der Waals surface area contributed by atoms with Crippen LogP contribution in [0.5, 0.6) is 0 Å². The lowest BCUT2D eigenvalue weighted by molar-refractivity contribution is 0.519. The van der Waals surface area contributed by atoms with Crippen LogP contribution in [0.3, 0.4) is 0 Å². The van der Waals surface area contributed by atoms with Crippen molar-refractivity contribution in [2.45, 2.75) is 155 Å². The Hall–Kier alpha value is -0.520. The van der Waals surface area contributed by atoms with Gasteiger partial charge in [-0.2, -0.15) is 0 Å². The highest BCUT2D eigenvalue weighted by atomic mass is 14.0. The summed E-state index contributed by atoms with van der Waals surface area (Å²) in [7, 11) is 0. The molecule has 0 aromatic heterocycles. The second kappa shape index (κ2) is 26.5. The summed E-state index contributed by atoms with van der Waals surface area (Å²) in [5, 5.41) is 0. The van der Waals surface area contributed by atoms with Gasteiger partial charge in [0.05, 0.1) is 0 Å². The Morgan fingerprint density at radius 3 is 1.00 bits per heavy atom. The highest BCUT2D eigenvalue weighted by Crippen LogP contribution is 2.15. The van der Waals surface area contributed by atoms with E-state index < -0.39 is 0 Å². The van der Waals surface area contributed by atoms with E-state index in [1.807, 2.05) is 6.08 Å². The highest BCUT2D eigenvalue weighted by Gasteiger charge is 1.95. The first kappa shape index (κ1) is 27.5. The molecule has 0 saturated carbocycles. The van der Waals surface area contributed by atoms with Gasteiger partial charge in [0.15, 0.2) is 0 Å². The van der Waals surface area contributed by atoms with Gasteiger partial charge in [-0.1, -0.05) is 167 Å². The summed E-state index contributed by atoms with van der Waals surface area (Å²) in [4.78, 5) is 0. The number of rotatable bonds is 24. The van der Waals surface area contributed by atoms with Crippen molar-refractivity contribution < 1.29 is 0 Å². The number of unbranched alkanes of at least 4 members (excludes halogenated alkanes) is 22. The third-order valence-electron chi connectivity index (χ3n) is 5.97. The second-order valence-electron chi connectivity index (χ2n) is 8.83. The van der Waals surface area contributed by atoms with Crippen LogP contribution < -0.4 is 0 Å². The van der Waals surface area contributed by atoms with Crippen LogP contribution in [0.2, 0.25) is 0 Å². The Labute approximate surface area is 179 Å². The van der Waals surface area contributed by atoms with Gasteiger partial charge >= 0.3 is 0 Å². The van der Waals surface area contributed by atoms with E-state index in [9.17, 15) is 0 Å². The van der Waals surface area contributed by atoms with E-state index in [0.29, 0.717) is 0 Å². The lowest BCUT2D eigenvalue weighted by Gasteiger charge is -2.04. The van der Waals surface area contributed by atoms with Crippen LogP contribution in [-0.2, 0) is 0 Å². The first-order valence-corrected chi connectivity index (χ1v) is 13.1. The standard InChI is InChI=1S/C28H53/c1-3-5-7-9-11-13-15-17-19-21-23-25-27-28-26-24-22-20-18-16-14-12-10-8-6-4-2/h1,3,5,7H,4,6,8-28H2,2H3/b3-1?,7-5+. The number of hydrogen-bond donors (Lipinski definition) is 0. The smallest absolute Gasteiger partial charge is 0.0348 e. The summed E-state index contributed by atoms with van der Waals surface area (Å²) < 4.78 is 0. The van der Waals surface area contributed by atoms with Gasteiger partial charge < -0.3 is 0 Å². The molecule has 0 bridgehead atoms. The molecule has 0 heteroatoms. The molecule has 0 spiro atoms. The predicted octanol–water partition coefficient (Wildman–Crippen LogP) is 10.5. The summed E-state index contributed by atoms with van der Waals surface area (Å²) >= 11 is 0. The molecular weight excluding hydrogens is 336 g/mol. The Bertz CT molecular complexity index is 301. The van der Waals surface area contributed by atoms with Gasteiger partial charge in [0.1, 0.15) is 0 Å². The zero-order chi connectivity index (χ0) is 20.4. The molecule has 0 aliphatic heterocycles. The molecule has 0 heterocycles. The van der Waals surface area contributed by atoms with Crippen molar-refractivity contribution >= 4 is 0 Å². The monoisotopic (exact) mass is 389 g/mol. The van der Waals surface area contributed by atoms with Gasteiger partial charge in [-0.15, -0.1) is 0 Å². The van der Waals surface area contributed by atoms with E-state index in [0.717, 1.165) is 0 Å². The second-order valence-corrected chi connectivity index (χ2v) is 8.83. The van der Waals surface area contributed by atoms with Gasteiger partial charge in [0.2, 0.25) is 0 Å². The van der Waals surface area contributed by atoms with E-state index >= 15 is 0 Å². The number of hydrogen-bond acceptors (Lipinski definition) is 0. The van der Waals surface area contributed by atoms with Crippen LogP contribution in [0.15, 0.2) is 18.2 Å². The fourth-order valence-electron chi connectivity index (χ4n) is 4.05. The van der Waals surface area contributed by atoms with Gasteiger partial charge in [0.25, 0.3) is 0 Å². The van der Waals surface area contributed by atoms with Crippen molar-refractivity contribution in [3.05, 3.63) is 24.8 Å². The minimum absolute atomic E-state index is 1.19. The maximum atomic E-state index is 5.31. The molecule has 28 heavy (non-hydrogen) atoms. The molecule has 0 nitrogen and oxygen atoms in total. The quantitative estimate of drug-likeness (QED) is 0.114. The summed E-state index contributed by atoms with van der Waals surface area (Å²) in [6.45, 7) is 7.61. The average molecular weight is 390 g/mol. The van der Waals surface area contributed by atoms with Gasteiger partial charge in [-0.3, -0.25) is 0 Å². The zero-order valence-corrected chi connectivity index (χ0v) is 19.6. The van der Waals surface area contributed by atoms with Crippen molar-refractivity contribution in [3.63, 3.8) is 0 Å². The lowest BCUT2D eigenvalue weighted by atomic mass is 10.0. The van der Waals surface area contributed by atoms with Crippen molar-refractivity contribution in [2.24, 2.45) is 0 Å². The first-order chi connectivity index (χ1) is 13.9. The van der Waals surface area contributed by atoms with Crippen molar-refractivity contribution in [2.75, 3.05) is 0 Å². The van der Waals surface area contributed by atoms with Crippen LogP contribution in [0, 0.1) is 6.58 Å². The van der Waals surface area contributed by atoms with Crippen LogP contribution in [0.25, 0.3) is 0 Å². The van der Waals surface area contributed by atoms with E-state index in [2.05, 4.69) is 13.0 Å². The lowest BCUT2D eigenvalue weighted by Crippen LogP contribution is -1.84. The molecular formula is C28H53. The molecule has 0 atom stereocenters. The molecule has 165 valence electrons. The summed E-state index contributed by atoms with van der Waals surface area (Å²) in [6, 6.07) is 0. The van der Waals surface area contributed by atoms with Gasteiger partial charge in [0, 0.05) is 0 Å². The maximum absolute atomic E-state index is 5.31. The van der Waals surface area contributed by atoms with Gasteiger partial charge in [-0.05, 0) is 12.8 Å². The topological polar surface area (TPSA) is 0 Å². The third-order valence-corrected chi connectivity index (χ3v) is 5.97. The Morgan fingerprint density at radius 2 is 0.714 bits per heavy atom. The van der Waals surface area contributed by atoms with Crippen molar-refractivity contribution in [1.29, 1.82) is 0 Å². The molecule has 0 aliphatic rings. The van der Waals surface area contributed by atoms with Crippen molar-refractivity contribution in [3.8, 4) is 0 Å². The zero-order valence-electron chi connectivity index (χ0n) is 19.6. The van der Waals surface area contributed by atoms with Crippen LogP contribution in [0.1, 0.15) is 155 Å². The van der Waals surface area contributed by atoms with Crippen LogP contribution >= 0.6 is 0 Å². The maximum Gasteiger partial charge on any atom is -0.0348 e. The molecule has 0 N–H and O–H groups in total. The summed E-state index contributed by atoms with van der Waals surface area (Å²) in [5.74, 6) is 0. The van der Waals surface area contributed by atoms with E-state index in [-0.39, 0.29) is 0 Å². The third kappa shape index (κ3) is 25.5. The molecule has 0 aromatic rings. The molecule has 0 amide bonds. The minimum Gasteiger partial charge on any atom is -0.0845 e. The fraction of sp³-hybridized carbons (Fsp3) is 0.857. The highest BCUT2D eigenvalue weighted by molar-refractivity contribution is 4.95. The average Bonchev–Trinajstić information content (AvgIpc) is 2.71. The Balaban J connectivity index is 2.99. The fourth-order valence-corrected chi connectivity index (χ4v) is 4.05. The number of allylic oxidation sites excluding steroid dienone is 3. The minimum atomic E-state index is 1.19. The molecule has 0 aromatic carbocycles. The van der Waals surface area contributed by atoms with Crippen LogP contribution in [0.4, 0.5) is 0 Å². The molecule has 0 fully saturated rings. The molecule has 1 radical (unpaired) electrons. The molecule has 0 aliphatic carbocycles. The molecule has 0 rings (SSSR count). The largest absolute Gasteiger partial charge is 0.0845 e. The van der Waals surface area contributed by atoms with Crippen molar-refractivity contribution in [1.82, 2.24) is 0 Å². The summed E-state index contributed by atoms with van der Waals surface area (Å²) in [5.41, 5.74) is 0. The Morgan fingerprint density at radius 1 is 0.429 bits per heavy atom. The summed E-state index contributed by atoms with van der Waals surface area (Å²) in [6.07, 6.45) is 38.9. The van der Waals surface area contributed by atoms with Crippen LogP contribution in [-0.4, -0.2) is 0 Å². The normalized spacial score (nSPS) is 11.5. The van der Waals surface area contributed by atoms with Gasteiger partial charge in [-0.25, -0.2) is 0 Å².